The van der Waals surface area contributed by atoms with E-state index in [1.807, 2.05) is 6.92 Å². The smallest absolute Gasteiger partial charge is 0.306 e. The van der Waals surface area contributed by atoms with Gasteiger partial charge in [0.2, 0.25) is 5.91 Å². The Bertz CT molecular complexity index is 279. The van der Waals surface area contributed by atoms with E-state index in [1.165, 1.54) is 0 Å². The molecule has 0 heterocycles. The molecule has 5 nitrogen and oxygen atoms in total. The second-order valence-corrected chi connectivity index (χ2v) is 4.96. The Kier molecular flexibility index (Phi) is 5.41. The molecule has 1 amide bonds. The van der Waals surface area contributed by atoms with E-state index in [2.05, 4.69) is 5.32 Å². The van der Waals surface area contributed by atoms with Gasteiger partial charge in [0.1, 0.15) is 0 Å². The van der Waals surface area contributed by atoms with Gasteiger partial charge in [-0.25, -0.2) is 0 Å². The molecule has 0 radical (unpaired) electrons. The first-order chi connectivity index (χ1) is 8.00. The molecule has 0 saturated heterocycles. The maximum Gasteiger partial charge on any atom is 0.306 e. The molecule has 1 aliphatic rings. The second-order valence-electron chi connectivity index (χ2n) is 4.96. The molecule has 3 atom stereocenters. The van der Waals surface area contributed by atoms with Crippen LogP contribution >= 0.6 is 0 Å². The molecule has 3 unspecified atom stereocenters. The van der Waals surface area contributed by atoms with E-state index in [9.17, 15) is 9.59 Å². The highest BCUT2D eigenvalue weighted by Gasteiger charge is 2.32. The number of carboxylic acids is 1. The fourth-order valence-electron chi connectivity index (χ4n) is 2.30. The monoisotopic (exact) mass is 242 g/mol. The highest BCUT2D eigenvalue weighted by Crippen LogP contribution is 2.31. The largest absolute Gasteiger partial charge is 0.481 e. The summed E-state index contributed by atoms with van der Waals surface area (Å²) in [6.45, 7) is 2.35. The highest BCUT2D eigenvalue weighted by molar-refractivity contribution is 5.76. The summed E-state index contributed by atoms with van der Waals surface area (Å²) < 4.78 is 0. The van der Waals surface area contributed by atoms with Gasteiger partial charge in [-0.1, -0.05) is 6.42 Å². The van der Waals surface area contributed by atoms with Gasteiger partial charge in [-0.15, -0.1) is 0 Å². The molecule has 1 aliphatic carbocycles. The van der Waals surface area contributed by atoms with Crippen molar-refractivity contribution in [3.63, 3.8) is 0 Å². The van der Waals surface area contributed by atoms with Crippen molar-refractivity contribution in [1.82, 2.24) is 5.32 Å². The summed E-state index contributed by atoms with van der Waals surface area (Å²) in [4.78, 5) is 22.4. The SMILES string of the molecule is CC(N)CCC(=O)NCC1CCCC1C(=O)O. The van der Waals surface area contributed by atoms with Crippen LogP contribution in [0.4, 0.5) is 0 Å². The van der Waals surface area contributed by atoms with Crippen molar-refractivity contribution >= 4 is 11.9 Å². The minimum absolute atomic E-state index is 0.0269. The van der Waals surface area contributed by atoms with Crippen LogP contribution in [0.5, 0.6) is 0 Å². The van der Waals surface area contributed by atoms with Gasteiger partial charge in [-0.05, 0) is 32.1 Å². The Morgan fingerprint density at radius 2 is 2.18 bits per heavy atom. The lowest BCUT2D eigenvalue weighted by molar-refractivity contribution is -0.143. The van der Waals surface area contributed by atoms with Crippen LogP contribution in [-0.4, -0.2) is 29.6 Å². The Morgan fingerprint density at radius 3 is 2.76 bits per heavy atom. The molecule has 0 aromatic heterocycles. The maximum absolute atomic E-state index is 11.5. The van der Waals surface area contributed by atoms with Crippen molar-refractivity contribution in [1.29, 1.82) is 0 Å². The summed E-state index contributed by atoms with van der Waals surface area (Å²) in [6, 6.07) is 0.0269. The van der Waals surface area contributed by atoms with Crippen LogP contribution in [0.2, 0.25) is 0 Å². The number of carbonyl (C=O) groups excluding carboxylic acids is 1. The van der Waals surface area contributed by atoms with Crippen LogP contribution in [0.3, 0.4) is 0 Å². The lowest BCUT2D eigenvalue weighted by Gasteiger charge is -2.16. The number of nitrogens with two attached hydrogens (primary N) is 1. The van der Waals surface area contributed by atoms with Gasteiger partial charge in [-0.3, -0.25) is 9.59 Å². The molecule has 98 valence electrons. The third kappa shape index (κ3) is 4.73. The molecular weight excluding hydrogens is 220 g/mol. The zero-order valence-corrected chi connectivity index (χ0v) is 10.3. The third-order valence-corrected chi connectivity index (χ3v) is 3.36. The van der Waals surface area contributed by atoms with Crippen molar-refractivity contribution in [2.45, 2.75) is 45.1 Å². The molecule has 1 fully saturated rings. The number of carbonyl (C=O) groups is 2. The van der Waals surface area contributed by atoms with E-state index in [0.717, 1.165) is 19.3 Å². The number of amides is 1. The molecule has 1 rings (SSSR count). The summed E-state index contributed by atoms with van der Waals surface area (Å²) in [5, 5.41) is 11.8. The van der Waals surface area contributed by atoms with Crippen LogP contribution < -0.4 is 11.1 Å². The quantitative estimate of drug-likeness (QED) is 0.640. The zero-order valence-electron chi connectivity index (χ0n) is 10.3. The summed E-state index contributed by atoms with van der Waals surface area (Å²) >= 11 is 0. The maximum atomic E-state index is 11.5. The van der Waals surface area contributed by atoms with Gasteiger partial charge in [-0.2, -0.15) is 0 Å². The number of hydrogen-bond donors (Lipinski definition) is 3. The van der Waals surface area contributed by atoms with Crippen molar-refractivity contribution in [2.24, 2.45) is 17.6 Å². The van der Waals surface area contributed by atoms with E-state index < -0.39 is 5.97 Å². The van der Waals surface area contributed by atoms with Crippen LogP contribution in [0.15, 0.2) is 0 Å². The number of aliphatic carboxylic acids is 1. The zero-order chi connectivity index (χ0) is 12.8. The van der Waals surface area contributed by atoms with E-state index in [-0.39, 0.29) is 23.8 Å². The predicted octanol–water partition coefficient (Wildman–Crippen LogP) is 0.731. The first-order valence-corrected chi connectivity index (χ1v) is 6.25. The number of hydrogen-bond acceptors (Lipinski definition) is 3. The molecule has 5 heteroatoms. The van der Waals surface area contributed by atoms with E-state index >= 15 is 0 Å². The molecule has 0 bridgehead atoms. The Balaban J connectivity index is 2.25. The predicted molar refractivity (Wildman–Crippen MR) is 64.4 cm³/mol. The lowest BCUT2D eigenvalue weighted by atomic mass is 9.96. The number of nitrogens with one attached hydrogen (secondary N) is 1. The fraction of sp³-hybridized carbons (Fsp3) is 0.833. The Morgan fingerprint density at radius 1 is 1.47 bits per heavy atom. The van der Waals surface area contributed by atoms with Crippen molar-refractivity contribution in [2.75, 3.05) is 6.54 Å². The molecule has 0 aromatic rings. The van der Waals surface area contributed by atoms with E-state index in [4.69, 9.17) is 10.8 Å². The van der Waals surface area contributed by atoms with Crippen LogP contribution in [0, 0.1) is 11.8 Å². The summed E-state index contributed by atoms with van der Waals surface area (Å²) in [5.41, 5.74) is 5.56. The van der Waals surface area contributed by atoms with Gasteiger partial charge >= 0.3 is 5.97 Å². The van der Waals surface area contributed by atoms with Crippen LogP contribution in [-0.2, 0) is 9.59 Å². The van der Waals surface area contributed by atoms with Gasteiger partial charge in [0, 0.05) is 19.0 Å². The summed E-state index contributed by atoms with van der Waals surface area (Å²) in [7, 11) is 0. The molecule has 4 N–H and O–H groups in total. The minimum atomic E-state index is -0.739. The highest BCUT2D eigenvalue weighted by atomic mass is 16.4. The molecule has 17 heavy (non-hydrogen) atoms. The number of carboxylic acid groups (broad SMARTS) is 1. The molecule has 0 spiro atoms. The summed E-state index contributed by atoms with van der Waals surface area (Å²) in [5.74, 6) is -0.967. The van der Waals surface area contributed by atoms with Crippen molar-refractivity contribution < 1.29 is 14.7 Å². The third-order valence-electron chi connectivity index (χ3n) is 3.36. The van der Waals surface area contributed by atoms with Crippen molar-refractivity contribution in [3.05, 3.63) is 0 Å². The molecule has 0 aliphatic heterocycles. The standard InChI is InChI=1S/C12H22N2O3/c1-8(13)5-6-11(15)14-7-9-3-2-4-10(9)12(16)17/h8-10H,2-7,13H2,1H3,(H,14,15)(H,16,17). The average Bonchev–Trinajstić information content (AvgIpc) is 2.71. The summed E-state index contributed by atoms with van der Waals surface area (Å²) in [6.07, 6.45) is 3.65. The van der Waals surface area contributed by atoms with Crippen LogP contribution in [0.1, 0.15) is 39.0 Å². The van der Waals surface area contributed by atoms with E-state index in [0.29, 0.717) is 19.4 Å². The topological polar surface area (TPSA) is 92.4 Å². The normalized spacial score (nSPS) is 25.5. The molecule has 0 aromatic carbocycles. The lowest BCUT2D eigenvalue weighted by Crippen LogP contribution is -2.33. The van der Waals surface area contributed by atoms with Crippen molar-refractivity contribution in [3.8, 4) is 0 Å². The second kappa shape index (κ2) is 6.59. The van der Waals surface area contributed by atoms with Gasteiger partial charge in [0.25, 0.3) is 0 Å². The van der Waals surface area contributed by atoms with Gasteiger partial charge < -0.3 is 16.2 Å². The van der Waals surface area contributed by atoms with Gasteiger partial charge in [0.05, 0.1) is 5.92 Å². The minimum Gasteiger partial charge on any atom is -0.481 e. The Hall–Kier alpha value is -1.10. The Labute approximate surface area is 102 Å². The van der Waals surface area contributed by atoms with Crippen LogP contribution in [0.25, 0.3) is 0 Å². The number of rotatable bonds is 6. The molecule has 1 saturated carbocycles. The molecular formula is C12H22N2O3. The first kappa shape index (κ1) is 14.0. The fourth-order valence-corrected chi connectivity index (χ4v) is 2.30. The first-order valence-electron chi connectivity index (χ1n) is 6.25. The average molecular weight is 242 g/mol. The van der Waals surface area contributed by atoms with E-state index in [1.54, 1.807) is 0 Å². The van der Waals surface area contributed by atoms with Gasteiger partial charge in [0.15, 0.2) is 0 Å².